The maximum absolute atomic E-state index is 13.3. The number of benzene rings is 1. The van der Waals surface area contributed by atoms with E-state index in [0.29, 0.717) is 43.4 Å². The van der Waals surface area contributed by atoms with Gasteiger partial charge in [0.2, 0.25) is 5.91 Å². The molecule has 2 heterocycles. The van der Waals surface area contributed by atoms with E-state index in [1.165, 1.54) is 0 Å². The lowest BCUT2D eigenvalue weighted by atomic mass is 9.73. The van der Waals surface area contributed by atoms with Crippen molar-refractivity contribution < 1.29 is 23.0 Å². The highest BCUT2D eigenvalue weighted by Crippen LogP contribution is 2.40. The van der Waals surface area contributed by atoms with Crippen molar-refractivity contribution in [1.82, 2.24) is 10.6 Å². The number of methoxy groups -OCH3 is 1. The van der Waals surface area contributed by atoms with E-state index >= 15 is 0 Å². The number of alkyl halides is 2. The number of rotatable bonds is 5. The van der Waals surface area contributed by atoms with Gasteiger partial charge in [0.15, 0.2) is 0 Å². The number of ether oxygens (including phenoxy) is 2. The third-order valence-electron chi connectivity index (χ3n) is 5.21. The number of carbonyl (C=O) groups excluding carboxylic acids is 1. The Morgan fingerprint density at radius 3 is 2.70 bits per heavy atom. The third kappa shape index (κ3) is 5.02. The first-order valence-corrected chi connectivity index (χ1v) is 9.04. The molecule has 2 fully saturated rings. The first kappa shape index (κ1) is 22.1. The van der Waals surface area contributed by atoms with Gasteiger partial charge in [0.1, 0.15) is 5.75 Å². The zero-order valence-electron chi connectivity index (χ0n) is 15.0. The standard InChI is InChI=1S/C18H23ClF2N2O3.ClH/c1-25-15-3-2-12(19)8-13(15)17(4-6-26-7-5-17)10-23-16(24)14-9-18(20,21)11-22-14;/h2-3,8,14,22H,4-7,9-11H2,1H3,(H,23,24);1H. The SMILES string of the molecule is COc1ccc(Cl)cc1C1(CNC(=O)C2CC(F)(F)CN2)CCOCC1.Cl. The van der Waals surface area contributed by atoms with Gasteiger partial charge in [0.25, 0.3) is 5.92 Å². The molecular weight excluding hydrogens is 401 g/mol. The minimum Gasteiger partial charge on any atom is -0.496 e. The van der Waals surface area contributed by atoms with E-state index in [-0.39, 0.29) is 12.4 Å². The first-order valence-electron chi connectivity index (χ1n) is 8.66. The van der Waals surface area contributed by atoms with E-state index < -0.39 is 36.3 Å². The van der Waals surface area contributed by atoms with Crippen LogP contribution in [0.25, 0.3) is 0 Å². The number of carbonyl (C=O) groups is 1. The minimum absolute atomic E-state index is 0. The molecule has 0 spiro atoms. The van der Waals surface area contributed by atoms with Crippen LogP contribution in [0.15, 0.2) is 18.2 Å². The summed E-state index contributed by atoms with van der Waals surface area (Å²) in [6.07, 6.45) is 0.881. The zero-order chi connectivity index (χ0) is 18.8. The van der Waals surface area contributed by atoms with Crippen LogP contribution in [0.2, 0.25) is 5.02 Å². The van der Waals surface area contributed by atoms with E-state index in [4.69, 9.17) is 21.1 Å². The second-order valence-electron chi connectivity index (χ2n) is 6.95. The number of nitrogens with one attached hydrogen (secondary N) is 2. The highest BCUT2D eigenvalue weighted by atomic mass is 35.5. The Balaban J connectivity index is 0.00000261. The number of hydrogen-bond acceptors (Lipinski definition) is 4. The summed E-state index contributed by atoms with van der Waals surface area (Å²) < 4.78 is 37.7. The van der Waals surface area contributed by atoms with Crippen molar-refractivity contribution in [2.45, 2.75) is 36.6 Å². The lowest BCUT2D eigenvalue weighted by molar-refractivity contribution is -0.123. The van der Waals surface area contributed by atoms with Gasteiger partial charge >= 0.3 is 0 Å². The van der Waals surface area contributed by atoms with Crippen LogP contribution >= 0.6 is 24.0 Å². The quantitative estimate of drug-likeness (QED) is 0.762. The molecule has 5 nitrogen and oxygen atoms in total. The summed E-state index contributed by atoms with van der Waals surface area (Å²) >= 11 is 6.19. The van der Waals surface area contributed by atoms with Gasteiger partial charge in [0.05, 0.1) is 19.7 Å². The molecule has 1 unspecified atom stereocenters. The van der Waals surface area contributed by atoms with Crippen molar-refractivity contribution in [2.24, 2.45) is 0 Å². The fourth-order valence-electron chi connectivity index (χ4n) is 3.68. The molecule has 1 aromatic rings. The molecule has 1 aromatic carbocycles. The summed E-state index contributed by atoms with van der Waals surface area (Å²) in [6, 6.07) is 4.53. The molecule has 0 aliphatic carbocycles. The molecule has 27 heavy (non-hydrogen) atoms. The summed E-state index contributed by atoms with van der Waals surface area (Å²) in [4.78, 5) is 12.4. The van der Waals surface area contributed by atoms with Gasteiger partial charge in [-0.3, -0.25) is 10.1 Å². The van der Waals surface area contributed by atoms with Gasteiger partial charge in [-0.1, -0.05) is 11.6 Å². The predicted molar refractivity (Wildman–Crippen MR) is 101 cm³/mol. The van der Waals surface area contributed by atoms with Gasteiger partial charge in [-0.15, -0.1) is 12.4 Å². The van der Waals surface area contributed by atoms with Crippen molar-refractivity contribution in [3.8, 4) is 5.75 Å². The number of hydrogen-bond donors (Lipinski definition) is 2. The summed E-state index contributed by atoms with van der Waals surface area (Å²) in [5, 5.41) is 6.02. The molecule has 0 aromatic heterocycles. The average molecular weight is 425 g/mol. The molecule has 1 amide bonds. The van der Waals surface area contributed by atoms with Crippen molar-refractivity contribution >= 4 is 29.9 Å². The Labute approximate surface area is 168 Å². The molecule has 1 atom stereocenters. The summed E-state index contributed by atoms with van der Waals surface area (Å²) in [6.45, 7) is 0.943. The van der Waals surface area contributed by atoms with Crippen molar-refractivity contribution in [2.75, 3.05) is 33.4 Å². The molecule has 3 rings (SSSR count). The monoisotopic (exact) mass is 424 g/mol. The third-order valence-corrected chi connectivity index (χ3v) is 5.45. The van der Waals surface area contributed by atoms with Crippen molar-refractivity contribution in [1.29, 1.82) is 0 Å². The van der Waals surface area contributed by atoms with Crippen LogP contribution in [0.5, 0.6) is 5.75 Å². The topological polar surface area (TPSA) is 59.6 Å². The second kappa shape index (κ2) is 8.90. The predicted octanol–water partition coefficient (Wildman–Crippen LogP) is 2.93. The lowest BCUT2D eigenvalue weighted by Gasteiger charge is -2.39. The van der Waals surface area contributed by atoms with Gasteiger partial charge in [-0.05, 0) is 31.0 Å². The Morgan fingerprint density at radius 1 is 1.41 bits per heavy atom. The summed E-state index contributed by atoms with van der Waals surface area (Å²) in [5.41, 5.74) is 0.492. The maximum atomic E-state index is 13.3. The Hall–Kier alpha value is -1.15. The average Bonchev–Trinajstić information content (AvgIpc) is 3.00. The van der Waals surface area contributed by atoms with E-state index in [0.717, 1.165) is 5.56 Å². The first-order chi connectivity index (χ1) is 12.4. The lowest BCUT2D eigenvalue weighted by Crippen LogP contribution is -2.49. The number of halogens is 4. The fraction of sp³-hybridized carbons (Fsp3) is 0.611. The molecule has 2 saturated heterocycles. The Kier molecular flexibility index (Phi) is 7.30. The highest BCUT2D eigenvalue weighted by molar-refractivity contribution is 6.30. The van der Waals surface area contributed by atoms with Gasteiger partial charge < -0.3 is 14.8 Å². The minimum atomic E-state index is -2.84. The molecule has 2 aliphatic rings. The van der Waals surface area contributed by atoms with Crippen molar-refractivity contribution in [3.63, 3.8) is 0 Å². The van der Waals surface area contributed by atoms with Crippen LogP contribution in [0.1, 0.15) is 24.8 Å². The maximum Gasteiger partial charge on any atom is 0.262 e. The van der Waals surface area contributed by atoms with E-state index in [1.807, 2.05) is 6.07 Å². The van der Waals surface area contributed by atoms with Crippen molar-refractivity contribution in [3.05, 3.63) is 28.8 Å². The summed E-state index contributed by atoms with van der Waals surface area (Å²) in [5.74, 6) is -2.56. The van der Waals surface area contributed by atoms with Crippen LogP contribution < -0.4 is 15.4 Å². The molecule has 152 valence electrons. The normalized spacial score (nSPS) is 23.3. The van der Waals surface area contributed by atoms with Crippen LogP contribution in [-0.4, -0.2) is 51.3 Å². The fourth-order valence-corrected chi connectivity index (χ4v) is 3.85. The molecule has 2 N–H and O–H groups in total. The van der Waals surface area contributed by atoms with Gasteiger partial charge in [-0.25, -0.2) is 8.78 Å². The molecular formula is C18H24Cl2F2N2O3. The molecule has 0 bridgehead atoms. The van der Waals surface area contributed by atoms with Crippen LogP contribution in [0, 0.1) is 0 Å². The van der Waals surface area contributed by atoms with Crippen LogP contribution in [0.3, 0.4) is 0 Å². The van der Waals surface area contributed by atoms with Gasteiger partial charge in [0, 0.05) is 42.2 Å². The molecule has 2 aliphatic heterocycles. The smallest absolute Gasteiger partial charge is 0.262 e. The zero-order valence-corrected chi connectivity index (χ0v) is 16.6. The Morgan fingerprint density at radius 2 is 2.11 bits per heavy atom. The van der Waals surface area contributed by atoms with E-state index in [1.54, 1.807) is 19.2 Å². The largest absolute Gasteiger partial charge is 0.496 e. The van der Waals surface area contributed by atoms with E-state index in [2.05, 4.69) is 10.6 Å². The van der Waals surface area contributed by atoms with Crippen LogP contribution in [0.4, 0.5) is 8.78 Å². The van der Waals surface area contributed by atoms with Gasteiger partial charge in [-0.2, -0.15) is 0 Å². The molecule has 0 radical (unpaired) electrons. The summed E-state index contributed by atoms with van der Waals surface area (Å²) in [7, 11) is 1.59. The highest BCUT2D eigenvalue weighted by Gasteiger charge is 2.43. The molecule has 9 heteroatoms. The number of amides is 1. The molecule has 0 saturated carbocycles. The van der Waals surface area contributed by atoms with E-state index in [9.17, 15) is 13.6 Å². The van der Waals surface area contributed by atoms with Crippen LogP contribution in [-0.2, 0) is 14.9 Å². The second-order valence-corrected chi connectivity index (χ2v) is 7.39. The Bertz CT molecular complexity index is 670.